The van der Waals surface area contributed by atoms with Crippen molar-refractivity contribution in [3.8, 4) is 5.75 Å². The molecule has 0 aliphatic carbocycles. The van der Waals surface area contributed by atoms with E-state index < -0.39 is 89.9 Å². The summed E-state index contributed by atoms with van der Waals surface area (Å²) in [5.41, 5.74) is 4.48. The van der Waals surface area contributed by atoms with E-state index in [0.717, 1.165) is 12.1 Å². The largest absolute Gasteiger partial charge is 0.497 e. The summed E-state index contributed by atoms with van der Waals surface area (Å²) in [7, 11) is 1.35. The zero-order valence-corrected chi connectivity index (χ0v) is 24.1. The number of rotatable bonds is 15. The Balaban J connectivity index is 2.43. The molecule has 2 amide bonds. The third kappa shape index (κ3) is 9.57. The van der Waals surface area contributed by atoms with Crippen LogP contribution in [0.4, 0.5) is 22.0 Å². The highest BCUT2D eigenvalue weighted by molar-refractivity contribution is 6.30. The molecule has 0 heterocycles. The molecule has 0 aliphatic heterocycles. The van der Waals surface area contributed by atoms with Crippen LogP contribution in [0.3, 0.4) is 0 Å². The first kappa shape index (κ1) is 35.3. The highest BCUT2D eigenvalue weighted by Gasteiger charge is 2.46. The predicted molar refractivity (Wildman–Crippen MR) is 145 cm³/mol. The topological polar surface area (TPSA) is 133 Å². The van der Waals surface area contributed by atoms with E-state index in [2.05, 4.69) is 5.32 Å². The van der Waals surface area contributed by atoms with Gasteiger partial charge in [-0.05, 0) is 35.7 Å². The second-order valence-corrected chi connectivity index (χ2v) is 10.6. The van der Waals surface area contributed by atoms with E-state index in [1.165, 1.54) is 57.4 Å². The highest BCUT2D eigenvalue weighted by atomic mass is 35.5. The van der Waals surface area contributed by atoms with Gasteiger partial charge < -0.3 is 15.8 Å². The lowest BCUT2D eigenvalue weighted by Gasteiger charge is -2.26. The van der Waals surface area contributed by atoms with Crippen LogP contribution in [0.2, 0.25) is 5.02 Å². The number of benzene rings is 2. The average Bonchev–Trinajstić information content (AvgIpc) is 2.92. The molecule has 0 saturated carbocycles. The van der Waals surface area contributed by atoms with E-state index in [1.807, 2.05) is 0 Å². The normalized spacial score (nSPS) is 14.0. The van der Waals surface area contributed by atoms with Crippen molar-refractivity contribution in [2.24, 2.45) is 23.5 Å². The van der Waals surface area contributed by atoms with E-state index >= 15 is 0 Å². The molecule has 14 heteroatoms. The molecule has 0 saturated heterocycles. The minimum atomic E-state index is -5.23. The van der Waals surface area contributed by atoms with Crippen LogP contribution in [-0.2, 0) is 29.9 Å². The Morgan fingerprint density at radius 3 is 2.02 bits per heavy atom. The van der Waals surface area contributed by atoms with Gasteiger partial charge in [0.05, 0.1) is 13.0 Å². The van der Waals surface area contributed by atoms with E-state index in [9.17, 15) is 45.9 Å². The van der Waals surface area contributed by atoms with Gasteiger partial charge in [0.25, 0.3) is 0 Å². The summed E-state index contributed by atoms with van der Waals surface area (Å²) in [4.78, 5) is 63.1. The molecule has 0 unspecified atom stereocenters. The van der Waals surface area contributed by atoms with Crippen molar-refractivity contribution in [3.05, 3.63) is 64.7 Å². The van der Waals surface area contributed by atoms with Gasteiger partial charge in [0.15, 0.2) is 5.78 Å². The molecule has 0 aliphatic rings. The second-order valence-electron chi connectivity index (χ2n) is 10.2. The molecular weight excluding hydrogens is 603 g/mol. The number of ether oxygens (including phenoxy) is 1. The molecule has 3 atom stereocenters. The number of carbonyl (C=O) groups is 5. The van der Waals surface area contributed by atoms with Crippen molar-refractivity contribution < 1.29 is 50.7 Å². The molecule has 234 valence electrons. The number of methoxy groups -OCH3 is 1. The molecule has 0 bridgehead atoms. The Morgan fingerprint density at radius 1 is 0.930 bits per heavy atom. The zero-order valence-electron chi connectivity index (χ0n) is 23.3. The van der Waals surface area contributed by atoms with Crippen molar-refractivity contribution in [1.82, 2.24) is 5.32 Å². The van der Waals surface area contributed by atoms with E-state index in [4.69, 9.17) is 22.1 Å². The van der Waals surface area contributed by atoms with Crippen LogP contribution in [0, 0.1) is 17.8 Å². The summed E-state index contributed by atoms with van der Waals surface area (Å²) in [5, 5.41) is 2.17. The summed E-state index contributed by atoms with van der Waals surface area (Å²) < 4.78 is 74.7. The van der Waals surface area contributed by atoms with Crippen molar-refractivity contribution in [3.63, 3.8) is 0 Å². The monoisotopic (exact) mass is 632 g/mol. The lowest BCUT2D eigenvalue weighted by molar-refractivity contribution is -0.177. The number of hydrogen-bond acceptors (Lipinski definition) is 6. The number of nitrogens with one attached hydrogen (secondary N) is 1. The van der Waals surface area contributed by atoms with Gasteiger partial charge in [-0.2, -0.15) is 22.0 Å². The number of hydrogen-bond donors (Lipinski definition) is 2. The van der Waals surface area contributed by atoms with Crippen molar-refractivity contribution >= 4 is 40.8 Å². The van der Waals surface area contributed by atoms with E-state index in [-0.39, 0.29) is 10.6 Å². The molecule has 8 nitrogen and oxygen atoms in total. The fourth-order valence-corrected chi connectivity index (χ4v) is 4.47. The first-order chi connectivity index (χ1) is 19.9. The third-order valence-electron chi connectivity index (χ3n) is 6.69. The van der Waals surface area contributed by atoms with Crippen LogP contribution in [0.5, 0.6) is 5.75 Å². The maximum absolute atomic E-state index is 15.0. The zero-order chi connectivity index (χ0) is 32.7. The van der Waals surface area contributed by atoms with Crippen LogP contribution < -0.4 is 15.8 Å². The number of amides is 2. The van der Waals surface area contributed by atoms with E-state index in [1.54, 1.807) is 0 Å². The van der Waals surface area contributed by atoms with Crippen LogP contribution in [-0.4, -0.2) is 42.5 Å². The highest BCUT2D eigenvalue weighted by Crippen LogP contribution is 2.34. The summed E-state index contributed by atoms with van der Waals surface area (Å²) >= 11 is 5.75. The molecule has 43 heavy (non-hydrogen) atoms. The lowest BCUT2D eigenvalue weighted by atomic mass is 9.84. The molecule has 2 rings (SSSR count). The van der Waals surface area contributed by atoms with Crippen molar-refractivity contribution in [2.75, 3.05) is 7.11 Å². The first-order valence-electron chi connectivity index (χ1n) is 12.9. The lowest BCUT2D eigenvalue weighted by Crippen LogP contribution is -2.42. The summed E-state index contributed by atoms with van der Waals surface area (Å²) in [6.45, 7) is 2.63. The number of primary amides is 1. The number of Topliss-reactive ketones (excluding diaryl/α,β-unsaturated/α-hetero) is 3. The molecule has 2 aromatic rings. The van der Waals surface area contributed by atoms with Crippen LogP contribution in [0.15, 0.2) is 48.5 Å². The molecular formula is C29H30ClF5N2O6. The Labute approximate surface area is 249 Å². The maximum atomic E-state index is 15.0. The quantitative estimate of drug-likeness (QED) is 0.262. The summed E-state index contributed by atoms with van der Waals surface area (Å²) in [5.74, 6) is -15.5. The minimum Gasteiger partial charge on any atom is -0.497 e. The SMILES string of the molecule is COc1ccc([C@H](NC(=O)[C@H](CC(N)=O)CC(=O)C(F)(F)c2cccc(Cl)c2)C(=O)C[C@H](C(=O)C(F)(F)F)C(C)C)cc1. The van der Waals surface area contributed by atoms with E-state index in [0.29, 0.717) is 5.75 Å². The van der Waals surface area contributed by atoms with Gasteiger partial charge in [-0.3, -0.25) is 24.0 Å². The van der Waals surface area contributed by atoms with Gasteiger partial charge in [0.1, 0.15) is 11.8 Å². The van der Waals surface area contributed by atoms with Crippen LogP contribution in [0.1, 0.15) is 50.3 Å². The molecule has 0 aromatic heterocycles. The number of ketones is 3. The number of halogens is 6. The second kappa shape index (κ2) is 14.5. The maximum Gasteiger partial charge on any atom is 0.450 e. The minimum absolute atomic E-state index is 0.0505. The van der Waals surface area contributed by atoms with Crippen molar-refractivity contribution in [2.45, 2.75) is 51.3 Å². The van der Waals surface area contributed by atoms with Crippen molar-refractivity contribution in [1.29, 1.82) is 0 Å². The number of nitrogens with two attached hydrogens (primary N) is 1. The number of alkyl halides is 5. The fourth-order valence-electron chi connectivity index (χ4n) is 4.28. The Hall–Kier alpha value is -3.87. The molecule has 2 aromatic carbocycles. The summed E-state index contributed by atoms with van der Waals surface area (Å²) in [6, 6.07) is 8.02. The van der Waals surface area contributed by atoms with Gasteiger partial charge in [0.2, 0.25) is 23.4 Å². The average molecular weight is 633 g/mol. The van der Waals surface area contributed by atoms with Gasteiger partial charge >= 0.3 is 12.1 Å². The van der Waals surface area contributed by atoms with Crippen LogP contribution >= 0.6 is 11.6 Å². The Morgan fingerprint density at radius 2 is 1.53 bits per heavy atom. The Bertz CT molecular complexity index is 1350. The molecule has 0 fully saturated rings. The summed E-state index contributed by atoms with van der Waals surface area (Å²) in [6.07, 6.45) is -8.21. The standard InChI is InChI=1S/C29H30ClF5N2O6/c1-15(2)21(26(41)29(33,34)35)14-22(38)25(16-7-9-20(43-3)10-8-16)37-27(42)17(12-24(36)40)11-23(39)28(31,32)18-5-4-6-19(30)13-18/h4-10,13,15,17,21,25H,11-12,14H2,1-3H3,(H2,36,40)(H,37,42)/t17-,21-,25-/m0/s1. The molecule has 0 radical (unpaired) electrons. The molecule has 0 spiro atoms. The third-order valence-corrected chi connectivity index (χ3v) is 6.92. The smallest absolute Gasteiger partial charge is 0.450 e. The molecule has 3 N–H and O–H groups in total. The fraction of sp³-hybridized carbons (Fsp3) is 0.414. The first-order valence-corrected chi connectivity index (χ1v) is 13.3. The number of carbonyl (C=O) groups excluding carboxylic acids is 5. The predicted octanol–water partition coefficient (Wildman–Crippen LogP) is 5.11. The van der Waals surface area contributed by atoms with Gasteiger partial charge in [-0.15, -0.1) is 0 Å². The Kier molecular flexibility index (Phi) is 11.9. The van der Waals surface area contributed by atoms with Crippen LogP contribution in [0.25, 0.3) is 0 Å². The van der Waals surface area contributed by atoms with Gasteiger partial charge in [-0.25, -0.2) is 0 Å². The van der Waals surface area contributed by atoms with Gasteiger partial charge in [0, 0.05) is 35.8 Å². The van der Waals surface area contributed by atoms with Gasteiger partial charge in [-0.1, -0.05) is 49.7 Å².